The van der Waals surface area contributed by atoms with Gasteiger partial charge in [-0.3, -0.25) is 9.59 Å². The molecule has 0 aromatic carbocycles. The van der Waals surface area contributed by atoms with Gasteiger partial charge in [0.05, 0.1) is 12.0 Å². The summed E-state index contributed by atoms with van der Waals surface area (Å²) in [5, 5.41) is -0.804. The number of carbonyl (C=O) groups is 2. The molecule has 96 valence electrons. The molecule has 3 atom stereocenters. The van der Waals surface area contributed by atoms with E-state index in [0.29, 0.717) is 0 Å². The Bertz CT molecular complexity index is 384. The molecule has 0 heterocycles. The number of alkyl halides is 1. The third-order valence-corrected chi connectivity index (χ3v) is 4.24. The Morgan fingerprint density at radius 1 is 1.47 bits per heavy atom. The first-order chi connectivity index (χ1) is 7.71. The fourth-order valence-electron chi connectivity index (χ4n) is 2.36. The van der Waals surface area contributed by atoms with Crippen LogP contribution in [0.3, 0.4) is 0 Å². The molecule has 0 aromatic heterocycles. The summed E-state index contributed by atoms with van der Waals surface area (Å²) in [6, 6.07) is 0. The predicted molar refractivity (Wildman–Crippen MR) is 66.9 cm³/mol. The standard InChI is InChI=1S/C13H19ClO3/c1-6-17-11(16)13(5)9(14)10(15)12(13,4)7-8(2)3/h7,9H,6H2,1-5H3. The number of rotatable bonds is 3. The third kappa shape index (κ3) is 1.81. The monoisotopic (exact) mass is 258 g/mol. The highest BCUT2D eigenvalue weighted by Crippen LogP contribution is 2.58. The van der Waals surface area contributed by atoms with Crippen molar-refractivity contribution in [3.05, 3.63) is 11.6 Å². The lowest BCUT2D eigenvalue weighted by Gasteiger charge is -2.54. The average molecular weight is 259 g/mol. The molecule has 0 radical (unpaired) electrons. The van der Waals surface area contributed by atoms with Gasteiger partial charge in [-0.2, -0.15) is 0 Å². The Labute approximate surface area is 107 Å². The van der Waals surface area contributed by atoms with Crippen LogP contribution in [0.4, 0.5) is 0 Å². The normalized spacial score (nSPS) is 36.1. The van der Waals surface area contributed by atoms with E-state index in [-0.39, 0.29) is 12.4 Å². The minimum atomic E-state index is -0.973. The SMILES string of the molecule is CCOC(=O)C1(C)C(Cl)C(=O)C1(C)C=C(C)C. The summed E-state index contributed by atoms with van der Waals surface area (Å²) in [4.78, 5) is 24.0. The van der Waals surface area contributed by atoms with Crippen molar-refractivity contribution in [2.75, 3.05) is 6.61 Å². The Kier molecular flexibility index (Phi) is 3.72. The highest BCUT2D eigenvalue weighted by atomic mass is 35.5. The number of esters is 1. The molecule has 0 amide bonds. The van der Waals surface area contributed by atoms with E-state index >= 15 is 0 Å². The van der Waals surface area contributed by atoms with E-state index < -0.39 is 22.2 Å². The van der Waals surface area contributed by atoms with E-state index in [0.717, 1.165) is 5.57 Å². The summed E-state index contributed by atoms with van der Waals surface area (Å²) >= 11 is 6.03. The van der Waals surface area contributed by atoms with Crippen molar-refractivity contribution in [3.63, 3.8) is 0 Å². The van der Waals surface area contributed by atoms with Crippen molar-refractivity contribution in [3.8, 4) is 0 Å². The van der Waals surface area contributed by atoms with Gasteiger partial charge in [-0.1, -0.05) is 11.6 Å². The lowest BCUT2D eigenvalue weighted by molar-refractivity contribution is -0.176. The quantitative estimate of drug-likeness (QED) is 0.444. The highest BCUT2D eigenvalue weighted by Gasteiger charge is 2.70. The minimum absolute atomic E-state index is 0.115. The van der Waals surface area contributed by atoms with E-state index in [2.05, 4.69) is 0 Å². The molecular weight excluding hydrogens is 240 g/mol. The third-order valence-electron chi connectivity index (χ3n) is 3.60. The van der Waals surface area contributed by atoms with E-state index in [1.165, 1.54) is 0 Å². The van der Waals surface area contributed by atoms with Crippen LogP contribution in [0.25, 0.3) is 0 Å². The smallest absolute Gasteiger partial charge is 0.315 e. The molecule has 0 spiro atoms. The lowest BCUT2D eigenvalue weighted by Crippen LogP contribution is -2.68. The zero-order valence-electron chi connectivity index (χ0n) is 11.0. The van der Waals surface area contributed by atoms with Gasteiger partial charge in [0, 0.05) is 0 Å². The number of carbonyl (C=O) groups excluding carboxylic acids is 2. The number of halogens is 1. The minimum Gasteiger partial charge on any atom is -0.465 e. The van der Waals surface area contributed by atoms with Gasteiger partial charge in [-0.15, -0.1) is 11.6 Å². The summed E-state index contributed by atoms with van der Waals surface area (Å²) in [7, 11) is 0. The molecule has 3 unspecified atom stereocenters. The molecule has 0 aliphatic heterocycles. The zero-order valence-corrected chi connectivity index (χ0v) is 11.7. The fraction of sp³-hybridized carbons (Fsp3) is 0.692. The molecule has 1 aliphatic rings. The van der Waals surface area contributed by atoms with Crippen molar-refractivity contribution in [1.82, 2.24) is 0 Å². The van der Waals surface area contributed by atoms with Crippen molar-refractivity contribution in [2.45, 2.75) is 40.0 Å². The van der Waals surface area contributed by atoms with E-state index in [1.807, 2.05) is 19.9 Å². The summed E-state index contributed by atoms with van der Waals surface area (Å²) in [5.74, 6) is -0.518. The number of hydrogen-bond acceptors (Lipinski definition) is 3. The van der Waals surface area contributed by atoms with Crippen LogP contribution in [0.1, 0.15) is 34.6 Å². The van der Waals surface area contributed by atoms with Crippen LogP contribution in [0, 0.1) is 10.8 Å². The molecule has 0 aromatic rings. The van der Waals surface area contributed by atoms with Crippen LogP contribution >= 0.6 is 11.6 Å². The van der Waals surface area contributed by atoms with Gasteiger partial charge in [0.25, 0.3) is 0 Å². The molecule has 1 rings (SSSR count). The first-order valence-corrected chi connectivity index (χ1v) is 6.17. The number of ketones is 1. The van der Waals surface area contributed by atoms with Gasteiger partial charge < -0.3 is 4.74 Å². The highest BCUT2D eigenvalue weighted by molar-refractivity contribution is 6.38. The van der Waals surface area contributed by atoms with Crippen molar-refractivity contribution in [1.29, 1.82) is 0 Å². The molecule has 0 bridgehead atoms. The molecule has 17 heavy (non-hydrogen) atoms. The molecular formula is C13H19ClO3. The summed E-state index contributed by atoms with van der Waals surface area (Å²) in [6.45, 7) is 9.26. The fourth-order valence-corrected chi connectivity index (χ4v) is 2.90. The second kappa shape index (κ2) is 4.45. The number of allylic oxidation sites excluding steroid dienone is 2. The number of hydrogen-bond donors (Lipinski definition) is 0. The molecule has 0 N–H and O–H groups in total. The lowest BCUT2D eigenvalue weighted by atomic mass is 9.49. The van der Waals surface area contributed by atoms with E-state index in [1.54, 1.807) is 20.8 Å². The Morgan fingerprint density at radius 2 is 2.00 bits per heavy atom. The maximum Gasteiger partial charge on any atom is 0.315 e. The van der Waals surface area contributed by atoms with E-state index in [4.69, 9.17) is 16.3 Å². The van der Waals surface area contributed by atoms with Crippen LogP contribution < -0.4 is 0 Å². The first-order valence-electron chi connectivity index (χ1n) is 5.73. The molecule has 1 saturated carbocycles. The molecule has 1 fully saturated rings. The summed E-state index contributed by atoms with van der Waals surface area (Å²) in [5.41, 5.74) is -0.844. The summed E-state index contributed by atoms with van der Waals surface area (Å²) < 4.78 is 5.04. The zero-order chi connectivity index (χ0) is 13.4. The molecule has 0 saturated heterocycles. The summed E-state index contributed by atoms with van der Waals surface area (Å²) in [6.07, 6.45) is 1.81. The first kappa shape index (κ1) is 14.2. The van der Waals surface area contributed by atoms with Gasteiger partial charge >= 0.3 is 5.97 Å². The van der Waals surface area contributed by atoms with Gasteiger partial charge in [0.1, 0.15) is 10.8 Å². The van der Waals surface area contributed by atoms with E-state index in [9.17, 15) is 9.59 Å². The molecule has 1 aliphatic carbocycles. The maximum atomic E-state index is 12.0. The second-order valence-corrected chi connectivity index (χ2v) is 5.51. The second-order valence-electron chi connectivity index (χ2n) is 5.07. The van der Waals surface area contributed by atoms with Crippen LogP contribution in [-0.4, -0.2) is 23.7 Å². The predicted octanol–water partition coefficient (Wildman–Crippen LogP) is 2.72. The number of Topliss-reactive ketones (excluding diaryl/α,β-unsaturated/α-hetero) is 1. The molecule has 4 heteroatoms. The van der Waals surface area contributed by atoms with Crippen molar-refractivity contribution < 1.29 is 14.3 Å². The van der Waals surface area contributed by atoms with Crippen LogP contribution in [0.15, 0.2) is 11.6 Å². The van der Waals surface area contributed by atoms with Crippen LogP contribution in [-0.2, 0) is 14.3 Å². The van der Waals surface area contributed by atoms with Gasteiger partial charge in [0.15, 0.2) is 5.78 Å². The molecule has 3 nitrogen and oxygen atoms in total. The Morgan fingerprint density at radius 3 is 2.41 bits per heavy atom. The van der Waals surface area contributed by atoms with Gasteiger partial charge in [-0.25, -0.2) is 0 Å². The van der Waals surface area contributed by atoms with Gasteiger partial charge in [-0.05, 0) is 34.6 Å². The van der Waals surface area contributed by atoms with Crippen LogP contribution in [0.2, 0.25) is 0 Å². The topological polar surface area (TPSA) is 43.4 Å². The average Bonchev–Trinajstić information content (AvgIpc) is 2.25. The Balaban J connectivity index is 3.17. The Hall–Kier alpha value is -0.830. The number of ether oxygens (including phenoxy) is 1. The van der Waals surface area contributed by atoms with Crippen molar-refractivity contribution in [2.24, 2.45) is 10.8 Å². The largest absolute Gasteiger partial charge is 0.465 e. The maximum absolute atomic E-state index is 12.0. The van der Waals surface area contributed by atoms with Crippen LogP contribution in [0.5, 0.6) is 0 Å². The van der Waals surface area contributed by atoms with Crippen molar-refractivity contribution >= 4 is 23.4 Å². The van der Waals surface area contributed by atoms with Gasteiger partial charge in [0.2, 0.25) is 0 Å².